The van der Waals surface area contributed by atoms with Gasteiger partial charge in [-0.2, -0.15) is 8.78 Å². The number of ketones is 1. The maximum atomic E-state index is 12.6. The Labute approximate surface area is 115 Å². The Morgan fingerprint density at radius 1 is 1.26 bits per heavy atom. The molecule has 0 fully saturated rings. The zero-order chi connectivity index (χ0) is 13.7. The Morgan fingerprint density at radius 2 is 2.00 bits per heavy atom. The third kappa shape index (κ3) is 3.32. The second kappa shape index (κ2) is 6.15. The van der Waals surface area contributed by atoms with Crippen molar-refractivity contribution in [2.24, 2.45) is 5.41 Å². The van der Waals surface area contributed by atoms with Gasteiger partial charge in [0, 0.05) is 11.3 Å². The summed E-state index contributed by atoms with van der Waals surface area (Å²) in [5.41, 5.74) is -0.283. The number of rotatable bonds is 5. The van der Waals surface area contributed by atoms with Gasteiger partial charge in [0.05, 0.1) is 5.41 Å². The number of allylic oxidation sites excluding steroid dienone is 4. The first kappa shape index (κ1) is 14.0. The highest BCUT2D eigenvalue weighted by Gasteiger charge is 2.36. The van der Waals surface area contributed by atoms with Gasteiger partial charge in [0.2, 0.25) is 0 Å². The SMILES string of the molecule is O=C(c1ccccc1)C1(CSC(F)F)C=CC=CC1. The van der Waals surface area contributed by atoms with E-state index < -0.39 is 11.2 Å². The van der Waals surface area contributed by atoms with Crippen LogP contribution in [0, 0.1) is 5.41 Å². The van der Waals surface area contributed by atoms with Crippen LogP contribution in [0.2, 0.25) is 0 Å². The molecule has 100 valence electrons. The molecule has 1 aromatic rings. The number of thioether (sulfide) groups is 1. The quantitative estimate of drug-likeness (QED) is 0.747. The second-order valence-corrected chi connectivity index (χ2v) is 5.39. The van der Waals surface area contributed by atoms with E-state index in [1.54, 1.807) is 36.4 Å². The van der Waals surface area contributed by atoms with Crippen LogP contribution < -0.4 is 0 Å². The topological polar surface area (TPSA) is 17.1 Å². The van der Waals surface area contributed by atoms with Crippen LogP contribution in [0.15, 0.2) is 54.6 Å². The highest BCUT2D eigenvalue weighted by atomic mass is 32.2. The predicted molar refractivity (Wildman–Crippen MR) is 74.6 cm³/mol. The molecule has 0 aromatic heterocycles. The summed E-state index contributed by atoms with van der Waals surface area (Å²) in [6, 6.07) is 8.84. The summed E-state index contributed by atoms with van der Waals surface area (Å²) in [5, 5.41) is 0. The fourth-order valence-electron chi connectivity index (χ4n) is 2.09. The summed E-state index contributed by atoms with van der Waals surface area (Å²) in [5.74, 6) is -2.46. The van der Waals surface area contributed by atoms with Crippen LogP contribution in [0.25, 0.3) is 0 Å². The molecule has 0 amide bonds. The van der Waals surface area contributed by atoms with Gasteiger partial charge in [-0.05, 0) is 6.42 Å². The molecule has 0 heterocycles. The van der Waals surface area contributed by atoms with E-state index in [0.29, 0.717) is 23.7 Å². The lowest BCUT2D eigenvalue weighted by molar-refractivity contribution is 0.0874. The van der Waals surface area contributed by atoms with Crippen molar-refractivity contribution in [1.82, 2.24) is 0 Å². The maximum Gasteiger partial charge on any atom is 0.284 e. The molecule has 1 aliphatic carbocycles. The average molecular weight is 280 g/mol. The molecule has 2 rings (SSSR count). The largest absolute Gasteiger partial charge is 0.293 e. The number of benzene rings is 1. The molecule has 0 spiro atoms. The van der Waals surface area contributed by atoms with Crippen molar-refractivity contribution in [3.63, 3.8) is 0 Å². The van der Waals surface area contributed by atoms with Crippen LogP contribution in [0.5, 0.6) is 0 Å². The number of carbonyl (C=O) groups excluding carboxylic acids is 1. The smallest absolute Gasteiger partial charge is 0.284 e. The Balaban J connectivity index is 2.25. The van der Waals surface area contributed by atoms with E-state index in [4.69, 9.17) is 0 Å². The summed E-state index contributed by atoms with van der Waals surface area (Å²) < 4.78 is 24.9. The molecule has 0 saturated carbocycles. The minimum Gasteiger partial charge on any atom is -0.293 e. The highest BCUT2D eigenvalue weighted by Crippen LogP contribution is 2.37. The van der Waals surface area contributed by atoms with Gasteiger partial charge in [0.15, 0.2) is 5.78 Å². The molecule has 0 aliphatic heterocycles. The highest BCUT2D eigenvalue weighted by molar-refractivity contribution is 7.99. The Hall–Kier alpha value is -1.42. The first-order valence-electron chi connectivity index (χ1n) is 5.98. The van der Waals surface area contributed by atoms with E-state index in [2.05, 4.69) is 0 Å². The van der Waals surface area contributed by atoms with E-state index in [9.17, 15) is 13.6 Å². The van der Waals surface area contributed by atoms with Crippen LogP contribution in [-0.4, -0.2) is 17.3 Å². The molecule has 1 nitrogen and oxygen atoms in total. The molecule has 1 atom stereocenters. The lowest BCUT2D eigenvalue weighted by atomic mass is 9.77. The zero-order valence-corrected chi connectivity index (χ0v) is 11.1. The normalized spacial score (nSPS) is 21.8. The minimum atomic E-state index is -2.46. The molecule has 0 radical (unpaired) electrons. The van der Waals surface area contributed by atoms with Gasteiger partial charge in [-0.3, -0.25) is 4.79 Å². The van der Waals surface area contributed by atoms with Crippen molar-refractivity contribution >= 4 is 17.5 Å². The number of hydrogen-bond acceptors (Lipinski definition) is 2. The fraction of sp³-hybridized carbons (Fsp3) is 0.267. The number of alkyl halides is 2. The Bertz CT molecular complexity index is 496. The van der Waals surface area contributed by atoms with Crippen LogP contribution in [-0.2, 0) is 0 Å². The summed E-state index contributed by atoms with van der Waals surface area (Å²) >= 11 is 0.520. The van der Waals surface area contributed by atoms with Gasteiger partial charge in [0.25, 0.3) is 5.76 Å². The van der Waals surface area contributed by atoms with Crippen molar-refractivity contribution in [1.29, 1.82) is 0 Å². The van der Waals surface area contributed by atoms with Crippen LogP contribution in [0.3, 0.4) is 0 Å². The monoisotopic (exact) mass is 280 g/mol. The lowest BCUT2D eigenvalue weighted by Crippen LogP contribution is -2.32. The maximum absolute atomic E-state index is 12.6. The Kier molecular flexibility index (Phi) is 4.53. The first-order chi connectivity index (χ1) is 9.14. The minimum absolute atomic E-state index is 0.0955. The molecule has 1 aromatic carbocycles. The summed E-state index contributed by atoms with van der Waals surface area (Å²) in [4.78, 5) is 12.6. The molecule has 0 N–H and O–H groups in total. The average Bonchev–Trinajstić information content (AvgIpc) is 2.46. The third-order valence-corrected chi connectivity index (χ3v) is 4.03. The first-order valence-corrected chi connectivity index (χ1v) is 7.03. The summed E-state index contributed by atoms with van der Waals surface area (Å²) in [7, 11) is 0. The van der Waals surface area contributed by atoms with Gasteiger partial charge in [-0.25, -0.2) is 0 Å². The summed E-state index contributed by atoms with van der Waals surface area (Å²) in [6.45, 7) is 0. The third-order valence-electron chi connectivity index (χ3n) is 3.10. The van der Waals surface area contributed by atoms with E-state index in [1.165, 1.54) is 0 Å². The van der Waals surface area contributed by atoms with E-state index in [-0.39, 0.29) is 11.5 Å². The van der Waals surface area contributed by atoms with Gasteiger partial charge in [-0.15, -0.1) is 0 Å². The van der Waals surface area contributed by atoms with Gasteiger partial charge in [0.1, 0.15) is 0 Å². The van der Waals surface area contributed by atoms with Gasteiger partial charge < -0.3 is 0 Å². The van der Waals surface area contributed by atoms with Crippen LogP contribution in [0.4, 0.5) is 8.78 Å². The van der Waals surface area contributed by atoms with Gasteiger partial charge >= 0.3 is 0 Å². The molecule has 1 unspecified atom stereocenters. The summed E-state index contributed by atoms with van der Waals surface area (Å²) in [6.07, 6.45) is 7.67. The standard InChI is InChI=1S/C15H14F2OS/c16-14(17)19-11-15(9-5-2-6-10-15)13(18)12-7-3-1-4-8-12/h1-9,14H,10-11H2. The van der Waals surface area contributed by atoms with Crippen molar-refractivity contribution in [2.75, 3.05) is 5.75 Å². The molecular weight excluding hydrogens is 266 g/mol. The number of hydrogen-bond donors (Lipinski definition) is 0. The zero-order valence-electron chi connectivity index (χ0n) is 10.3. The number of halogens is 2. The van der Waals surface area contributed by atoms with Crippen molar-refractivity contribution in [3.05, 3.63) is 60.2 Å². The molecular formula is C15H14F2OS. The molecule has 1 aliphatic rings. The van der Waals surface area contributed by atoms with Crippen LogP contribution >= 0.6 is 11.8 Å². The molecule has 19 heavy (non-hydrogen) atoms. The Morgan fingerprint density at radius 3 is 2.58 bits per heavy atom. The second-order valence-electron chi connectivity index (χ2n) is 4.41. The van der Waals surface area contributed by atoms with E-state index >= 15 is 0 Å². The van der Waals surface area contributed by atoms with Gasteiger partial charge in [-0.1, -0.05) is 66.4 Å². The lowest BCUT2D eigenvalue weighted by Gasteiger charge is -2.29. The van der Waals surface area contributed by atoms with Crippen molar-refractivity contribution < 1.29 is 13.6 Å². The van der Waals surface area contributed by atoms with E-state index in [0.717, 1.165) is 0 Å². The van der Waals surface area contributed by atoms with Crippen molar-refractivity contribution in [2.45, 2.75) is 12.2 Å². The molecule has 0 saturated heterocycles. The fourth-order valence-corrected chi connectivity index (χ4v) is 2.86. The molecule has 4 heteroatoms. The predicted octanol–water partition coefficient (Wildman–Crippen LogP) is 4.33. The molecule has 0 bridgehead atoms. The van der Waals surface area contributed by atoms with Crippen LogP contribution in [0.1, 0.15) is 16.8 Å². The van der Waals surface area contributed by atoms with E-state index in [1.807, 2.05) is 18.2 Å². The number of Topliss-reactive ketones (excluding diaryl/α,β-unsaturated/α-hetero) is 1. The van der Waals surface area contributed by atoms with Crippen molar-refractivity contribution in [3.8, 4) is 0 Å². The number of carbonyl (C=O) groups is 1.